The molecule has 0 heterocycles. The lowest BCUT2D eigenvalue weighted by atomic mass is 9.98. The second-order valence-corrected chi connectivity index (χ2v) is 6.38. The van der Waals surface area contributed by atoms with Gasteiger partial charge in [0.2, 0.25) is 0 Å². The van der Waals surface area contributed by atoms with Crippen LogP contribution in [0.4, 0.5) is 8.78 Å². The third-order valence-electron chi connectivity index (χ3n) is 4.37. The molecule has 1 amide bonds. The lowest BCUT2D eigenvalue weighted by molar-refractivity contribution is -0.124. The molecule has 30 heavy (non-hydrogen) atoms. The summed E-state index contributed by atoms with van der Waals surface area (Å²) in [4.78, 5) is 24.4. The molecular formula is C23H19F2NO4. The quantitative estimate of drug-likeness (QED) is 0.596. The molecule has 0 fully saturated rings. The number of amides is 1. The molecule has 5 nitrogen and oxygen atoms in total. The zero-order valence-electron chi connectivity index (χ0n) is 16.1. The minimum absolute atomic E-state index is 0.445. The van der Waals surface area contributed by atoms with Crippen molar-refractivity contribution in [3.63, 3.8) is 0 Å². The van der Waals surface area contributed by atoms with Gasteiger partial charge in [0, 0.05) is 6.07 Å². The molecule has 0 aliphatic carbocycles. The van der Waals surface area contributed by atoms with Gasteiger partial charge in [-0.2, -0.15) is 0 Å². The van der Waals surface area contributed by atoms with E-state index in [-0.39, 0.29) is 0 Å². The fourth-order valence-corrected chi connectivity index (χ4v) is 2.87. The van der Waals surface area contributed by atoms with Gasteiger partial charge < -0.3 is 14.8 Å². The summed E-state index contributed by atoms with van der Waals surface area (Å²) < 4.78 is 36.7. The first-order chi connectivity index (χ1) is 14.5. The van der Waals surface area contributed by atoms with Gasteiger partial charge in [-0.05, 0) is 35.4 Å². The topological polar surface area (TPSA) is 64.6 Å². The minimum atomic E-state index is -1.05. The molecule has 0 bridgehead atoms. The van der Waals surface area contributed by atoms with Gasteiger partial charge in [-0.15, -0.1) is 0 Å². The highest BCUT2D eigenvalue weighted by atomic mass is 19.1. The second kappa shape index (κ2) is 9.65. The SMILES string of the molecule is COc1ccc([C@@H](NC(=O)COC(=O)c2ccc(F)cc2F)c2ccccc2)cc1. The van der Waals surface area contributed by atoms with Crippen LogP contribution in [0, 0.1) is 11.6 Å². The van der Waals surface area contributed by atoms with Crippen LogP contribution < -0.4 is 10.1 Å². The van der Waals surface area contributed by atoms with Crippen LogP contribution in [0.15, 0.2) is 72.8 Å². The summed E-state index contributed by atoms with van der Waals surface area (Å²) >= 11 is 0. The van der Waals surface area contributed by atoms with E-state index in [0.29, 0.717) is 11.8 Å². The van der Waals surface area contributed by atoms with Gasteiger partial charge in [0.15, 0.2) is 6.61 Å². The van der Waals surface area contributed by atoms with E-state index in [2.05, 4.69) is 5.32 Å². The average molecular weight is 411 g/mol. The maximum Gasteiger partial charge on any atom is 0.341 e. The van der Waals surface area contributed by atoms with Crippen molar-refractivity contribution in [2.45, 2.75) is 6.04 Å². The summed E-state index contributed by atoms with van der Waals surface area (Å²) in [5, 5.41) is 2.81. The number of carbonyl (C=O) groups is 2. The van der Waals surface area contributed by atoms with E-state index in [9.17, 15) is 18.4 Å². The maximum atomic E-state index is 13.7. The molecule has 3 aromatic rings. The van der Waals surface area contributed by atoms with E-state index in [1.54, 1.807) is 19.2 Å². The standard InChI is InChI=1S/C23H19F2NO4/c1-29-18-10-7-16(8-11-18)22(15-5-3-2-4-6-15)26-21(27)14-30-23(28)19-12-9-17(24)13-20(19)25/h2-13,22H,14H2,1H3,(H,26,27)/t22-/m0/s1. The van der Waals surface area contributed by atoms with Crippen LogP contribution in [0.2, 0.25) is 0 Å². The summed E-state index contributed by atoms with van der Waals surface area (Å²) in [6, 6.07) is 18.4. The first-order valence-electron chi connectivity index (χ1n) is 9.08. The van der Waals surface area contributed by atoms with Crippen LogP contribution in [0.25, 0.3) is 0 Å². The van der Waals surface area contributed by atoms with Crippen molar-refractivity contribution in [3.05, 3.63) is 101 Å². The van der Waals surface area contributed by atoms with Crippen molar-refractivity contribution in [2.75, 3.05) is 13.7 Å². The molecule has 3 rings (SSSR count). The Morgan fingerprint density at radius 2 is 1.60 bits per heavy atom. The normalized spacial score (nSPS) is 11.4. The molecule has 0 radical (unpaired) electrons. The largest absolute Gasteiger partial charge is 0.497 e. The Morgan fingerprint density at radius 3 is 2.23 bits per heavy atom. The summed E-state index contributed by atoms with van der Waals surface area (Å²) in [7, 11) is 1.56. The summed E-state index contributed by atoms with van der Waals surface area (Å²) in [5.74, 6) is -2.82. The van der Waals surface area contributed by atoms with Crippen LogP contribution in [0.5, 0.6) is 5.75 Å². The zero-order valence-corrected chi connectivity index (χ0v) is 16.1. The van der Waals surface area contributed by atoms with Gasteiger partial charge in [0.05, 0.1) is 18.7 Å². The highest BCUT2D eigenvalue weighted by Gasteiger charge is 2.19. The summed E-state index contributed by atoms with van der Waals surface area (Å²) in [6.07, 6.45) is 0. The number of carbonyl (C=O) groups excluding carboxylic acids is 2. The molecule has 7 heteroatoms. The van der Waals surface area contributed by atoms with E-state index >= 15 is 0 Å². The highest BCUT2D eigenvalue weighted by Crippen LogP contribution is 2.24. The Kier molecular flexibility index (Phi) is 6.75. The number of hydrogen-bond donors (Lipinski definition) is 1. The first-order valence-corrected chi connectivity index (χ1v) is 9.08. The fourth-order valence-electron chi connectivity index (χ4n) is 2.87. The molecule has 0 saturated carbocycles. The van der Waals surface area contributed by atoms with E-state index in [1.807, 2.05) is 42.5 Å². The number of benzene rings is 3. The van der Waals surface area contributed by atoms with Crippen molar-refractivity contribution in [3.8, 4) is 5.75 Å². The van der Waals surface area contributed by atoms with E-state index < -0.39 is 41.7 Å². The average Bonchev–Trinajstić information content (AvgIpc) is 2.76. The van der Waals surface area contributed by atoms with Gasteiger partial charge in [-0.3, -0.25) is 4.79 Å². The Bertz CT molecular complexity index is 1020. The smallest absolute Gasteiger partial charge is 0.341 e. The molecule has 0 unspecified atom stereocenters. The predicted octanol–water partition coefficient (Wildman–Crippen LogP) is 4.04. The summed E-state index contributed by atoms with van der Waals surface area (Å²) in [5.41, 5.74) is 1.18. The Labute approximate surface area is 172 Å². The first kappa shape index (κ1) is 21.0. The number of hydrogen-bond acceptors (Lipinski definition) is 4. The minimum Gasteiger partial charge on any atom is -0.497 e. The molecule has 0 aromatic heterocycles. The molecule has 0 saturated heterocycles. The highest BCUT2D eigenvalue weighted by molar-refractivity contribution is 5.91. The molecule has 1 N–H and O–H groups in total. The molecule has 3 aromatic carbocycles. The van der Waals surface area contributed by atoms with Crippen molar-refractivity contribution in [2.24, 2.45) is 0 Å². The Morgan fingerprint density at radius 1 is 0.933 bits per heavy atom. The molecular weight excluding hydrogens is 392 g/mol. The van der Waals surface area contributed by atoms with Crippen LogP contribution in [0.3, 0.4) is 0 Å². The maximum absolute atomic E-state index is 13.7. The lowest BCUT2D eigenvalue weighted by Crippen LogP contribution is -2.33. The van der Waals surface area contributed by atoms with Gasteiger partial charge in [-0.25, -0.2) is 13.6 Å². The van der Waals surface area contributed by atoms with Crippen molar-refractivity contribution >= 4 is 11.9 Å². The van der Waals surface area contributed by atoms with Gasteiger partial charge >= 0.3 is 5.97 Å². The predicted molar refractivity (Wildman–Crippen MR) is 106 cm³/mol. The third-order valence-corrected chi connectivity index (χ3v) is 4.37. The molecule has 0 aliphatic heterocycles. The fraction of sp³-hybridized carbons (Fsp3) is 0.130. The van der Waals surface area contributed by atoms with Crippen LogP contribution >= 0.6 is 0 Å². The van der Waals surface area contributed by atoms with Crippen molar-refractivity contribution in [1.29, 1.82) is 0 Å². The van der Waals surface area contributed by atoms with Gasteiger partial charge in [0.1, 0.15) is 17.4 Å². The monoisotopic (exact) mass is 411 g/mol. The van der Waals surface area contributed by atoms with Crippen molar-refractivity contribution < 1.29 is 27.8 Å². The second-order valence-electron chi connectivity index (χ2n) is 6.38. The van der Waals surface area contributed by atoms with E-state index in [1.165, 1.54) is 0 Å². The Balaban J connectivity index is 1.70. The van der Waals surface area contributed by atoms with Gasteiger partial charge in [0.25, 0.3) is 5.91 Å². The number of nitrogens with one attached hydrogen (secondary N) is 1. The zero-order chi connectivity index (χ0) is 21.5. The van der Waals surface area contributed by atoms with E-state index in [4.69, 9.17) is 9.47 Å². The molecule has 154 valence electrons. The summed E-state index contributed by atoms with van der Waals surface area (Å²) in [6.45, 7) is -0.616. The molecule has 0 spiro atoms. The number of esters is 1. The number of halogens is 2. The molecule has 1 atom stereocenters. The lowest BCUT2D eigenvalue weighted by Gasteiger charge is -2.20. The number of ether oxygens (including phenoxy) is 2. The van der Waals surface area contributed by atoms with Crippen LogP contribution in [0.1, 0.15) is 27.5 Å². The Hall–Kier alpha value is -3.74. The number of rotatable bonds is 7. The van der Waals surface area contributed by atoms with E-state index in [0.717, 1.165) is 23.3 Å². The van der Waals surface area contributed by atoms with Crippen LogP contribution in [-0.4, -0.2) is 25.6 Å². The molecule has 0 aliphatic rings. The number of methoxy groups -OCH3 is 1. The van der Waals surface area contributed by atoms with Gasteiger partial charge in [-0.1, -0.05) is 42.5 Å². The van der Waals surface area contributed by atoms with Crippen LogP contribution in [-0.2, 0) is 9.53 Å². The third kappa shape index (κ3) is 5.20. The van der Waals surface area contributed by atoms with Crippen molar-refractivity contribution in [1.82, 2.24) is 5.32 Å².